The van der Waals surface area contributed by atoms with E-state index < -0.39 is 0 Å². The second-order valence-electron chi connectivity index (χ2n) is 7.30. The first-order chi connectivity index (χ1) is 13.1. The molecule has 1 saturated carbocycles. The molecule has 0 bridgehead atoms. The number of anilines is 1. The fourth-order valence-corrected chi connectivity index (χ4v) is 4.16. The van der Waals surface area contributed by atoms with Gasteiger partial charge in [0.1, 0.15) is 6.20 Å². The van der Waals surface area contributed by atoms with Crippen LogP contribution in [0.25, 0.3) is 0 Å². The molecule has 2 fully saturated rings. The van der Waals surface area contributed by atoms with Crippen LogP contribution in [0.5, 0.6) is 0 Å². The molecule has 1 saturated heterocycles. The molecular formula is C18H25N7O2. The number of hydrogen-bond acceptors (Lipinski definition) is 7. The predicted molar refractivity (Wildman–Crippen MR) is 101 cm³/mol. The van der Waals surface area contributed by atoms with Crippen molar-refractivity contribution < 1.29 is 0 Å². The zero-order valence-electron chi connectivity index (χ0n) is 15.6. The lowest BCUT2D eigenvalue weighted by molar-refractivity contribution is 0.125. The van der Waals surface area contributed by atoms with Gasteiger partial charge in [-0.25, -0.2) is 19.4 Å². The molecule has 144 valence electrons. The Hall–Kier alpha value is -2.55. The summed E-state index contributed by atoms with van der Waals surface area (Å²) in [6.07, 6.45) is 8.72. The minimum atomic E-state index is -0.356. The van der Waals surface area contributed by atoms with Crippen LogP contribution in [0.2, 0.25) is 0 Å². The van der Waals surface area contributed by atoms with E-state index in [9.17, 15) is 9.59 Å². The first-order valence-electron chi connectivity index (χ1n) is 9.54. The highest BCUT2D eigenvalue weighted by Crippen LogP contribution is 2.30. The van der Waals surface area contributed by atoms with E-state index >= 15 is 0 Å². The number of rotatable bonds is 3. The summed E-state index contributed by atoms with van der Waals surface area (Å²) >= 11 is 0. The molecule has 0 unspecified atom stereocenters. The van der Waals surface area contributed by atoms with Crippen molar-refractivity contribution in [1.82, 2.24) is 29.2 Å². The van der Waals surface area contributed by atoms with Gasteiger partial charge < -0.3 is 4.90 Å². The van der Waals surface area contributed by atoms with Crippen molar-refractivity contribution in [3.8, 4) is 0 Å². The molecule has 0 aromatic carbocycles. The first-order valence-corrected chi connectivity index (χ1v) is 9.54. The maximum Gasteiger partial charge on any atom is 0.347 e. The van der Waals surface area contributed by atoms with Crippen molar-refractivity contribution in [1.29, 1.82) is 0 Å². The van der Waals surface area contributed by atoms with Gasteiger partial charge in [0.2, 0.25) is 5.95 Å². The molecule has 9 heteroatoms. The highest BCUT2D eigenvalue weighted by atomic mass is 16.2. The molecule has 0 amide bonds. The van der Waals surface area contributed by atoms with Crippen LogP contribution in [0.3, 0.4) is 0 Å². The molecule has 2 aromatic rings. The van der Waals surface area contributed by atoms with E-state index in [0.717, 1.165) is 62.4 Å². The summed E-state index contributed by atoms with van der Waals surface area (Å²) in [5.41, 5.74) is -0.673. The Morgan fingerprint density at radius 2 is 1.56 bits per heavy atom. The molecule has 3 heterocycles. The number of aromatic nitrogens is 5. The van der Waals surface area contributed by atoms with Crippen LogP contribution in [0, 0.1) is 0 Å². The highest BCUT2D eigenvalue weighted by molar-refractivity contribution is 5.29. The van der Waals surface area contributed by atoms with Gasteiger partial charge >= 0.3 is 5.69 Å². The molecule has 0 radical (unpaired) electrons. The predicted octanol–water partition coefficient (Wildman–Crippen LogP) is 0.0379. The van der Waals surface area contributed by atoms with Gasteiger partial charge in [-0.05, 0) is 31.7 Å². The molecular weight excluding hydrogens is 346 g/mol. The molecule has 27 heavy (non-hydrogen) atoms. The lowest BCUT2D eigenvalue weighted by Gasteiger charge is -2.41. The zero-order chi connectivity index (χ0) is 18.8. The summed E-state index contributed by atoms with van der Waals surface area (Å²) in [5.74, 6) is 0.806. The van der Waals surface area contributed by atoms with E-state index in [1.807, 2.05) is 6.07 Å². The fourth-order valence-electron chi connectivity index (χ4n) is 4.16. The Bertz CT molecular complexity index is 879. The van der Waals surface area contributed by atoms with Crippen molar-refractivity contribution in [3.05, 3.63) is 45.5 Å². The highest BCUT2D eigenvalue weighted by Gasteiger charge is 2.30. The van der Waals surface area contributed by atoms with Crippen LogP contribution in [0.4, 0.5) is 5.95 Å². The topological polar surface area (TPSA) is 89.2 Å². The van der Waals surface area contributed by atoms with Gasteiger partial charge in [-0.1, -0.05) is 0 Å². The third kappa shape index (κ3) is 3.64. The lowest BCUT2D eigenvalue weighted by atomic mass is 9.90. The lowest BCUT2D eigenvalue weighted by Crippen LogP contribution is -2.52. The SMILES string of the molecule is Cn1c(=O)cnn(C2CCC(N3CCN(c4ncccn4)CC3)CC2)c1=O. The molecule has 4 rings (SSSR count). The van der Waals surface area contributed by atoms with E-state index in [-0.39, 0.29) is 17.3 Å². The molecule has 0 spiro atoms. The van der Waals surface area contributed by atoms with E-state index in [4.69, 9.17) is 0 Å². The van der Waals surface area contributed by atoms with Crippen molar-refractivity contribution in [2.75, 3.05) is 31.1 Å². The summed E-state index contributed by atoms with van der Waals surface area (Å²) in [5, 5.41) is 4.08. The minimum absolute atomic E-state index is 0.0829. The van der Waals surface area contributed by atoms with Crippen LogP contribution in [0.1, 0.15) is 31.7 Å². The smallest absolute Gasteiger partial charge is 0.338 e. The van der Waals surface area contributed by atoms with Crippen molar-refractivity contribution in [3.63, 3.8) is 0 Å². The number of nitrogens with zero attached hydrogens (tertiary/aromatic N) is 7. The average molecular weight is 371 g/mol. The minimum Gasteiger partial charge on any atom is -0.338 e. The van der Waals surface area contributed by atoms with Gasteiger partial charge in [0, 0.05) is 51.7 Å². The monoisotopic (exact) mass is 371 g/mol. The fraction of sp³-hybridized carbons (Fsp3) is 0.611. The van der Waals surface area contributed by atoms with Gasteiger partial charge in [0.25, 0.3) is 5.56 Å². The maximum absolute atomic E-state index is 12.3. The van der Waals surface area contributed by atoms with Crippen LogP contribution < -0.4 is 16.1 Å². The third-order valence-electron chi connectivity index (χ3n) is 5.78. The molecule has 1 aliphatic carbocycles. The summed E-state index contributed by atoms with van der Waals surface area (Å²) in [7, 11) is 1.50. The molecule has 0 N–H and O–H groups in total. The Labute approximate surface area is 157 Å². The number of piperazine rings is 1. The van der Waals surface area contributed by atoms with E-state index in [0.29, 0.717) is 6.04 Å². The maximum atomic E-state index is 12.3. The van der Waals surface area contributed by atoms with Gasteiger partial charge in [0.15, 0.2) is 0 Å². The van der Waals surface area contributed by atoms with E-state index in [1.54, 1.807) is 12.4 Å². The summed E-state index contributed by atoms with van der Waals surface area (Å²) in [4.78, 5) is 37.3. The van der Waals surface area contributed by atoms with Crippen LogP contribution >= 0.6 is 0 Å². The quantitative estimate of drug-likeness (QED) is 0.752. The normalized spacial score (nSPS) is 24.1. The van der Waals surface area contributed by atoms with E-state index in [2.05, 4.69) is 24.9 Å². The Balaban J connectivity index is 1.33. The van der Waals surface area contributed by atoms with Crippen molar-refractivity contribution >= 4 is 5.95 Å². The Morgan fingerprint density at radius 3 is 2.22 bits per heavy atom. The molecule has 2 aromatic heterocycles. The summed E-state index contributed by atoms with van der Waals surface area (Å²) in [6, 6.07) is 2.46. The molecule has 1 aliphatic heterocycles. The van der Waals surface area contributed by atoms with E-state index in [1.165, 1.54) is 17.9 Å². The second kappa shape index (κ2) is 7.59. The van der Waals surface area contributed by atoms with Crippen LogP contribution in [-0.2, 0) is 7.05 Å². The third-order valence-corrected chi connectivity index (χ3v) is 5.78. The largest absolute Gasteiger partial charge is 0.347 e. The standard InChI is InChI=1S/C18H25N7O2/c1-22-16(26)13-21-25(18(22)27)15-5-3-14(4-6-15)23-9-11-24(12-10-23)17-19-7-2-8-20-17/h2,7-8,13-15H,3-6,9-12H2,1H3. The zero-order valence-corrected chi connectivity index (χ0v) is 15.6. The van der Waals surface area contributed by atoms with Gasteiger partial charge in [-0.3, -0.25) is 14.3 Å². The number of hydrogen-bond donors (Lipinski definition) is 0. The second-order valence-corrected chi connectivity index (χ2v) is 7.30. The van der Waals surface area contributed by atoms with Gasteiger partial charge in [-0.2, -0.15) is 5.10 Å². The molecule has 0 atom stereocenters. The van der Waals surface area contributed by atoms with Crippen molar-refractivity contribution in [2.45, 2.75) is 37.8 Å². The van der Waals surface area contributed by atoms with Crippen molar-refractivity contribution in [2.24, 2.45) is 7.05 Å². The molecule has 9 nitrogen and oxygen atoms in total. The summed E-state index contributed by atoms with van der Waals surface area (Å²) in [6.45, 7) is 3.88. The average Bonchev–Trinajstić information content (AvgIpc) is 2.73. The van der Waals surface area contributed by atoms with Crippen LogP contribution in [-0.4, -0.2) is 61.4 Å². The molecule has 2 aliphatic rings. The Kier molecular flexibility index (Phi) is 5.02. The Morgan fingerprint density at radius 1 is 0.926 bits per heavy atom. The first kappa shape index (κ1) is 17.8. The van der Waals surface area contributed by atoms with Gasteiger partial charge in [-0.15, -0.1) is 0 Å². The van der Waals surface area contributed by atoms with Crippen LogP contribution in [0.15, 0.2) is 34.2 Å². The summed E-state index contributed by atoms with van der Waals surface area (Å²) < 4.78 is 2.62. The van der Waals surface area contributed by atoms with Gasteiger partial charge in [0.05, 0.1) is 6.04 Å².